The van der Waals surface area contributed by atoms with Crippen molar-refractivity contribution >= 4 is 15.4 Å². The van der Waals surface area contributed by atoms with Crippen LogP contribution in [-0.4, -0.2) is 38.0 Å². The van der Waals surface area contributed by atoms with Crippen molar-refractivity contribution in [2.75, 3.05) is 0 Å². The Labute approximate surface area is 81.7 Å². The zero-order valence-electron chi connectivity index (χ0n) is 8.87. The van der Waals surface area contributed by atoms with Gasteiger partial charge >= 0.3 is 0 Å². The van der Waals surface area contributed by atoms with Crippen molar-refractivity contribution in [1.29, 1.82) is 0 Å². The smallest absolute Gasteiger partial charge is 0.177 e. The number of rotatable bonds is 1. The molecule has 0 radical (unpaired) electrons. The van der Waals surface area contributed by atoms with Gasteiger partial charge in [0.25, 0.3) is 0 Å². The van der Waals surface area contributed by atoms with E-state index < -0.39 is 21.7 Å². The first kappa shape index (κ1) is 11.4. The quantitative estimate of drug-likeness (QED) is 0.513. The van der Waals surface area contributed by atoms with Crippen LogP contribution in [0.15, 0.2) is 0 Å². The van der Waals surface area contributed by atoms with E-state index in [4.69, 9.17) is 14.6 Å². The Morgan fingerprint density at radius 3 is 2.15 bits per heavy atom. The Bertz CT molecular complexity index is 192. The zero-order valence-corrected chi connectivity index (χ0v) is 10.9. The Kier molecular flexibility index (Phi) is 3.04. The monoisotopic (exact) mass is 220 g/mol. The molecule has 0 aromatic carbocycles. The molecule has 1 aliphatic heterocycles. The lowest BCUT2D eigenvalue weighted by molar-refractivity contribution is -0.116. The van der Waals surface area contributed by atoms with Crippen molar-refractivity contribution in [3.63, 3.8) is 0 Å². The van der Waals surface area contributed by atoms with Crippen molar-refractivity contribution in [2.45, 2.75) is 51.0 Å². The van der Waals surface area contributed by atoms with Crippen LogP contribution >= 0.6 is 0 Å². The molecule has 1 atom stereocenters. The summed E-state index contributed by atoms with van der Waals surface area (Å²) in [6.45, 7) is 9.10. The minimum absolute atomic E-state index is 0.331. The number of hydrogen-bond donors (Lipinski definition) is 2. The maximum atomic E-state index is 9.05. The average Bonchev–Trinajstić information content (AvgIpc) is 1.94. The lowest BCUT2D eigenvalue weighted by atomic mass is 10.3. The summed E-state index contributed by atoms with van der Waals surface area (Å²) in [6.07, 6.45) is -0.813. The first-order chi connectivity index (χ1) is 5.76. The molecule has 2 N–H and O–H groups in total. The summed E-state index contributed by atoms with van der Waals surface area (Å²) >= 11 is 0. The standard InChI is InChI=1S/C8H20O3Si2/c1-12(2)6-5-7(8(9)10)11-13(12,3)4/h7-10H,5-6H2,1-4H3. The fourth-order valence-electron chi connectivity index (χ4n) is 1.61. The van der Waals surface area contributed by atoms with Crippen molar-refractivity contribution < 1.29 is 14.6 Å². The van der Waals surface area contributed by atoms with E-state index in [2.05, 4.69) is 26.2 Å². The molecular weight excluding hydrogens is 200 g/mol. The number of aliphatic hydroxyl groups excluding tert-OH is 1. The van der Waals surface area contributed by atoms with Crippen LogP contribution in [0.2, 0.25) is 32.2 Å². The molecule has 0 amide bonds. The summed E-state index contributed by atoms with van der Waals surface area (Å²) in [7, 11) is -2.84. The molecule has 5 heteroatoms. The number of aliphatic hydroxyl groups is 2. The second-order valence-corrected chi connectivity index (χ2v) is 20.2. The van der Waals surface area contributed by atoms with Gasteiger partial charge < -0.3 is 14.6 Å². The fourth-order valence-corrected chi connectivity index (χ4v) is 8.19. The van der Waals surface area contributed by atoms with Crippen LogP contribution in [0.3, 0.4) is 0 Å². The highest BCUT2D eigenvalue weighted by Gasteiger charge is 2.48. The first-order valence-corrected chi connectivity index (χ1v) is 11.9. The van der Waals surface area contributed by atoms with Gasteiger partial charge in [0.05, 0.1) is 13.7 Å². The third kappa shape index (κ3) is 2.22. The van der Waals surface area contributed by atoms with E-state index in [0.717, 1.165) is 12.5 Å². The normalized spacial score (nSPS) is 32.1. The molecule has 1 fully saturated rings. The minimum atomic E-state index is -1.63. The van der Waals surface area contributed by atoms with E-state index in [-0.39, 0.29) is 6.10 Å². The Hall–Kier alpha value is 0.314. The molecule has 0 saturated carbocycles. The van der Waals surface area contributed by atoms with Crippen molar-refractivity contribution in [3.05, 3.63) is 0 Å². The van der Waals surface area contributed by atoms with E-state index >= 15 is 0 Å². The van der Waals surface area contributed by atoms with Crippen LogP contribution < -0.4 is 0 Å². The highest BCUT2D eigenvalue weighted by Crippen LogP contribution is 2.33. The van der Waals surface area contributed by atoms with Gasteiger partial charge in [-0.1, -0.05) is 19.1 Å². The highest BCUT2D eigenvalue weighted by atomic mass is 29.3. The van der Waals surface area contributed by atoms with Crippen molar-refractivity contribution in [1.82, 2.24) is 0 Å². The Balaban J connectivity index is 2.71. The molecule has 3 nitrogen and oxygen atoms in total. The molecule has 0 bridgehead atoms. The second-order valence-electron chi connectivity index (χ2n) is 5.00. The molecule has 1 rings (SSSR count). The molecule has 78 valence electrons. The molecule has 0 aromatic rings. The third-order valence-electron chi connectivity index (χ3n) is 3.46. The van der Waals surface area contributed by atoms with E-state index in [0.29, 0.717) is 0 Å². The van der Waals surface area contributed by atoms with Gasteiger partial charge in [-0.2, -0.15) is 0 Å². The van der Waals surface area contributed by atoms with E-state index in [9.17, 15) is 0 Å². The lowest BCUT2D eigenvalue weighted by Gasteiger charge is -2.46. The summed E-state index contributed by atoms with van der Waals surface area (Å²) in [5, 5.41) is 18.1. The summed E-state index contributed by atoms with van der Waals surface area (Å²) in [5.74, 6) is 0. The molecule has 13 heavy (non-hydrogen) atoms. The van der Waals surface area contributed by atoms with Crippen molar-refractivity contribution in [2.24, 2.45) is 0 Å². The van der Waals surface area contributed by atoms with Crippen LogP contribution in [0.5, 0.6) is 0 Å². The SMILES string of the molecule is C[Si]1(C)CCC(C(O)O)O[Si]1(C)C. The molecule has 1 unspecified atom stereocenters. The van der Waals surface area contributed by atoms with Gasteiger partial charge in [0.15, 0.2) is 14.1 Å². The zero-order chi connectivity index (χ0) is 10.3. The van der Waals surface area contributed by atoms with Crippen molar-refractivity contribution in [3.8, 4) is 0 Å². The third-order valence-corrected chi connectivity index (χ3v) is 20.0. The lowest BCUT2D eigenvalue weighted by Crippen LogP contribution is -2.63. The minimum Gasteiger partial charge on any atom is -0.412 e. The molecule has 0 aliphatic carbocycles. The van der Waals surface area contributed by atoms with Crippen LogP contribution in [0.1, 0.15) is 6.42 Å². The van der Waals surface area contributed by atoms with E-state index in [1.54, 1.807) is 0 Å². The van der Waals surface area contributed by atoms with Crippen LogP contribution in [0, 0.1) is 0 Å². The second kappa shape index (κ2) is 3.47. The molecule has 0 spiro atoms. The van der Waals surface area contributed by atoms with Gasteiger partial charge in [-0.3, -0.25) is 0 Å². The van der Waals surface area contributed by atoms with Crippen LogP contribution in [0.25, 0.3) is 0 Å². The Morgan fingerprint density at radius 2 is 1.77 bits per heavy atom. The van der Waals surface area contributed by atoms with Gasteiger partial charge in [0.2, 0.25) is 0 Å². The average molecular weight is 220 g/mol. The van der Waals surface area contributed by atoms with E-state index in [1.165, 1.54) is 0 Å². The van der Waals surface area contributed by atoms with Crippen LogP contribution in [-0.2, 0) is 4.43 Å². The molecular formula is C8H20O3Si2. The predicted octanol–water partition coefficient (Wildman–Crippen LogP) is 1.08. The van der Waals surface area contributed by atoms with Gasteiger partial charge in [0, 0.05) is 0 Å². The summed E-state index contributed by atoms with van der Waals surface area (Å²) < 4.78 is 5.85. The highest BCUT2D eigenvalue weighted by molar-refractivity contribution is 7.38. The van der Waals surface area contributed by atoms with Gasteiger partial charge in [-0.15, -0.1) is 0 Å². The summed E-state index contributed by atoms with van der Waals surface area (Å²) in [5.41, 5.74) is 0. The molecule has 1 saturated heterocycles. The Morgan fingerprint density at radius 1 is 1.23 bits per heavy atom. The summed E-state index contributed by atoms with van der Waals surface area (Å²) in [6, 6.07) is 1.16. The molecule has 1 aliphatic rings. The van der Waals surface area contributed by atoms with Gasteiger partial charge in [-0.25, -0.2) is 0 Å². The van der Waals surface area contributed by atoms with Crippen LogP contribution in [0.4, 0.5) is 0 Å². The van der Waals surface area contributed by atoms with E-state index in [1.807, 2.05) is 0 Å². The first-order valence-electron chi connectivity index (χ1n) is 4.80. The molecule has 1 heterocycles. The maximum absolute atomic E-state index is 9.05. The maximum Gasteiger partial charge on any atom is 0.177 e. The number of hydrogen-bond acceptors (Lipinski definition) is 3. The topological polar surface area (TPSA) is 49.7 Å². The largest absolute Gasteiger partial charge is 0.412 e. The fraction of sp³-hybridized carbons (Fsp3) is 1.00. The molecule has 0 aromatic heterocycles. The summed E-state index contributed by atoms with van der Waals surface area (Å²) in [4.78, 5) is 0. The predicted molar refractivity (Wildman–Crippen MR) is 57.5 cm³/mol. The van der Waals surface area contributed by atoms with Gasteiger partial charge in [0.1, 0.15) is 0 Å². The van der Waals surface area contributed by atoms with Gasteiger partial charge in [-0.05, 0) is 19.5 Å².